The molecule has 0 aliphatic carbocycles. The molecule has 0 saturated carbocycles. The minimum absolute atomic E-state index is 0.0211. The Morgan fingerprint density at radius 1 is 0.857 bits per heavy atom. The number of non-ortho nitro benzene ring substituents is 1. The summed E-state index contributed by atoms with van der Waals surface area (Å²) >= 11 is 0. The zero-order valence-corrected chi connectivity index (χ0v) is 18.9. The van der Waals surface area contributed by atoms with Gasteiger partial charge in [0.2, 0.25) is 0 Å². The molecule has 0 spiro atoms. The first-order chi connectivity index (χ1) is 17.1. The van der Waals surface area contributed by atoms with Gasteiger partial charge in [0.05, 0.1) is 4.92 Å². The minimum Gasteiger partial charge on any atom is -0.484 e. The molecule has 0 atom stereocenters. The lowest BCUT2D eigenvalue weighted by Crippen LogP contribution is -2.50. The predicted molar refractivity (Wildman–Crippen MR) is 132 cm³/mol. The Kier molecular flexibility index (Phi) is 6.21. The van der Waals surface area contributed by atoms with Crippen LogP contribution in [0, 0.1) is 10.1 Å². The number of rotatable bonds is 6. The maximum atomic E-state index is 12.6. The maximum absolute atomic E-state index is 12.6. The number of nitrogens with zero attached hydrogens (tertiary/aromatic N) is 5. The normalized spacial score (nSPS) is 13.6. The van der Waals surface area contributed by atoms with Crippen molar-refractivity contribution >= 4 is 28.2 Å². The van der Waals surface area contributed by atoms with Crippen LogP contribution in [0.4, 0.5) is 11.5 Å². The monoisotopic (exact) mass is 469 g/mol. The number of carbonyl (C=O) groups is 1. The van der Waals surface area contributed by atoms with Crippen molar-refractivity contribution in [3.8, 4) is 17.0 Å². The van der Waals surface area contributed by atoms with Crippen LogP contribution in [0.2, 0.25) is 0 Å². The number of nitro benzene ring substituents is 1. The van der Waals surface area contributed by atoms with Crippen LogP contribution in [0.25, 0.3) is 22.0 Å². The standard InChI is InChI=1S/C26H23N5O4/c32-24(18-35-21-12-10-20(11-13-21)31(33)34)29-14-16-30(17-15-29)26-23-9-5-4-8-22(23)25(27-28-26)19-6-2-1-3-7-19/h1-13H,14-18H2. The van der Waals surface area contributed by atoms with Gasteiger partial charge >= 0.3 is 0 Å². The first kappa shape index (κ1) is 22.3. The number of nitro groups is 1. The Bertz CT molecular complexity index is 1350. The molecule has 176 valence electrons. The summed E-state index contributed by atoms with van der Waals surface area (Å²) < 4.78 is 5.53. The average Bonchev–Trinajstić information content (AvgIpc) is 2.92. The van der Waals surface area contributed by atoms with E-state index in [1.807, 2.05) is 42.5 Å². The summed E-state index contributed by atoms with van der Waals surface area (Å²) in [6.07, 6.45) is 0. The van der Waals surface area contributed by atoms with Crippen molar-refractivity contribution in [2.75, 3.05) is 37.7 Å². The molecule has 9 heteroatoms. The smallest absolute Gasteiger partial charge is 0.269 e. The maximum Gasteiger partial charge on any atom is 0.269 e. The van der Waals surface area contributed by atoms with Gasteiger partial charge in [-0.05, 0) is 12.1 Å². The van der Waals surface area contributed by atoms with Gasteiger partial charge in [0, 0.05) is 54.6 Å². The van der Waals surface area contributed by atoms with Gasteiger partial charge in [-0.3, -0.25) is 14.9 Å². The average molecular weight is 470 g/mol. The Morgan fingerprint density at radius 2 is 1.51 bits per heavy atom. The highest BCUT2D eigenvalue weighted by Gasteiger charge is 2.24. The van der Waals surface area contributed by atoms with Gasteiger partial charge in [0.25, 0.3) is 11.6 Å². The van der Waals surface area contributed by atoms with E-state index in [9.17, 15) is 14.9 Å². The highest BCUT2D eigenvalue weighted by atomic mass is 16.6. The lowest BCUT2D eigenvalue weighted by Gasteiger charge is -2.35. The van der Waals surface area contributed by atoms with E-state index >= 15 is 0 Å². The first-order valence-corrected chi connectivity index (χ1v) is 11.3. The Hall–Kier alpha value is -4.53. The van der Waals surface area contributed by atoms with Crippen molar-refractivity contribution in [2.45, 2.75) is 0 Å². The lowest BCUT2D eigenvalue weighted by atomic mass is 10.0. The first-order valence-electron chi connectivity index (χ1n) is 11.3. The molecule has 0 bridgehead atoms. The molecule has 3 aromatic carbocycles. The summed E-state index contributed by atoms with van der Waals surface area (Å²) in [7, 11) is 0. The molecule has 5 rings (SSSR count). The van der Waals surface area contributed by atoms with Crippen molar-refractivity contribution in [1.82, 2.24) is 15.1 Å². The summed E-state index contributed by atoms with van der Waals surface area (Å²) in [4.78, 5) is 26.9. The molecular weight excluding hydrogens is 446 g/mol. The van der Waals surface area contributed by atoms with E-state index in [0.717, 1.165) is 27.8 Å². The summed E-state index contributed by atoms with van der Waals surface area (Å²) in [5.74, 6) is 1.11. The molecule has 9 nitrogen and oxygen atoms in total. The van der Waals surface area contributed by atoms with Crippen LogP contribution < -0.4 is 9.64 Å². The number of ether oxygens (including phenoxy) is 1. The number of piperazine rings is 1. The van der Waals surface area contributed by atoms with Gasteiger partial charge in [-0.25, -0.2) is 0 Å². The molecule has 0 radical (unpaired) electrons. The van der Waals surface area contributed by atoms with E-state index in [-0.39, 0.29) is 18.2 Å². The van der Waals surface area contributed by atoms with Crippen LogP contribution in [0.1, 0.15) is 0 Å². The largest absolute Gasteiger partial charge is 0.484 e. The predicted octanol–water partition coefficient (Wildman–Crippen LogP) is 3.93. The van der Waals surface area contributed by atoms with Gasteiger partial charge < -0.3 is 14.5 Å². The number of amides is 1. The van der Waals surface area contributed by atoms with Crippen molar-refractivity contribution in [3.63, 3.8) is 0 Å². The number of anilines is 1. The van der Waals surface area contributed by atoms with E-state index < -0.39 is 4.92 Å². The molecule has 0 unspecified atom stereocenters. The van der Waals surface area contributed by atoms with Crippen molar-refractivity contribution in [2.24, 2.45) is 0 Å². The molecule has 1 aliphatic rings. The summed E-state index contributed by atoms with van der Waals surface area (Å²) in [5, 5.41) is 22.0. The second kappa shape index (κ2) is 9.76. The molecule has 1 fully saturated rings. The molecule has 2 heterocycles. The molecule has 4 aromatic rings. The van der Waals surface area contributed by atoms with Crippen LogP contribution >= 0.6 is 0 Å². The molecular formula is C26H23N5O4. The lowest BCUT2D eigenvalue weighted by molar-refractivity contribution is -0.384. The second-order valence-electron chi connectivity index (χ2n) is 8.19. The third-order valence-electron chi connectivity index (χ3n) is 6.06. The number of carbonyl (C=O) groups excluding carboxylic acids is 1. The number of hydrogen-bond donors (Lipinski definition) is 0. The van der Waals surface area contributed by atoms with Crippen LogP contribution in [0.15, 0.2) is 78.9 Å². The van der Waals surface area contributed by atoms with Crippen LogP contribution in [0.3, 0.4) is 0 Å². The van der Waals surface area contributed by atoms with E-state index in [4.69, 9.17) is 4.74 Å². The molecule has 35 heavy (non-hydrogen) atoms. The zero-order valence-electron chi connectivity index (χ0n) is 18.9. The highest BCUT2D eigenvalue weighted by molar-refractivity contribution is 6.00. The third kappa shape index (κ3) is 4.74. The van der Waals surface area contributed by atoms with Crippen LogP contribution in [-0.4, -0.2) is 58.7 Å². The van der Waals surface area contributed by atoms with E-state index in [0.29, 0.717) is 31.9 Å². The van der Waals surface area contributed by atoms with Crippen molar-refractivity contribution in [1.29, 1.82) is 0 Å². The molecule has 1 amide bonds. The number of hydrogen-bond acceptors (Lipinski definition) is 7. The number of fused-ring (bicyclic) bond motifs is 1. The third-order valence-corrected chi connectivity index (χ3v) is 6.06. The quantitative estimate of drug-likeness (QED) is 0.311. The second-order valence-corrected chi connectivity index (χ2v) is 8.19. The van der Waals surface area contributed by atoms with Crippen LogP contribution in [0.5, 0.6) is 5.75 Å². The van der Waals surface area contributed by atoms with Crippen molar-refractivity contribution < 1.29 is 14.5 Å². The number of aromatic nitrogens is 2. The van der Waals surface area contributed by atoms with Gasteiger partial charge in [-0.2, -0.15) is 0 Å². The zero-order chi connectivity index (χ0) is 24.2. The van der Waals surface area contributed by atoms with E-state index in [2.05, 4.69) is 27.2 Å². The number of benzene rings is 3. The highest BCUT2D eigenvalue weighted by Crippen LogP contribution is 2.31. The van der Waals surface area contributed by atoms with Gasteiger partial charge in [-0.1, -0.05) is 54.6 Å². The summed E-state index contributed by atoms with van der Waals surface area (Å²) in [6, 6.07) is 23.8. The van der Waals surface area contributed by atoms with Crippen LogP contribution in [-0.2, 0) is 4.79 Å². The SMILES string of the molecule is O=C(COc1ccc([N+](=O)[O-])cc1)N1CCN(c2nnc(-c3ccccc3)c3ccccc23)CC1. The van der Waals surface area contributed by atoms with E-state index in [1.54, 1.807) is 4.90 Å². The Labute approximate surface area is 201 Å². The molecule has 1 aliphatic heterocycles. The van der Waals surface area contributed by atoms with Crippen molar-refractivity contribution in [3.05, 3.63) is 89.0 Å². The van der Waals surface area contributed by atoms with E-state index in [1.165, 1.54) is 24.3 Å². The fourth-order valence-electron chi connectivity index (χ4n) is 4.20. The Morgan fingerprint density at radius 3 is 2.20 bits per heavy atom. The summed E-state index contributed by atoms with van der Waals surface area (Å²) in [5.41, 5.74) is 1.85. The summed E-state index contributed by atoms with van der Waals surface area (Å²) in [6.45, 7) is 2.23. The van der Waals surface area contributed by atoms with Gasteiger partial charge in [0.15, 0.2) is 12.4 Å². The minimum atomic E-state index is -0.475. The molecule has 0 N–H and O–H groups in total. The fourth-order valence-corrected chi connectivity index (χ4v) is 4.20. The molecule has 1 saturated heterocycles. The fraction of sp³-hybridized carbons (Fsp3) is 0.192. The van der Waals surface area contributed by atoms with Gasteiger partial charge in [0.1, 0.15) is 11.4 Å². The van der Waals surface area contributed by atoms with Gasteiger partial charge in [-0.15, -0.1) is 10.2 Å². The Balaban J connectivity index is 1.24. The molecule has 1 aromatic heterocycles. The topological polar surface area (TPSA) is 102 Å².